The van der Waals surface area contributed by atoms with Crippen molar-refractivity contribution in [3.05, 3.63) is 35.6 Å². The third-order valence-corrected chi connectivity index (χ3v) is 1.29. The molecule has 0 atom stereocenters. The van der Waals surface area contributed by atoms with Crippen LogP contribution in [0.3, 0.4) is 0 Å². The van der Waals surface area contributed by atoms with Crippen molar-refractivity contribution in [3.63, 3.8) is 0 Å². The quantitative estimate of drug-likeness (QED) is 0.414. The van der Waals surface area contributed by atoms with Gasteiger partial charge in [0, 0.05) is 51.4 Å². The standard InChI is InChI=1S/C8H5FN2O.K/c9-7-4-2-1-3-6(7)8(12)11-5-10;/h1-4H,(H,11,12);. The Bertz CT molecular complexity index is 348. The minimum atomic E-state index is -0.726. The maximum atomic E-state index is 12.8. The number of hydrogen-bond donors (Lipinski definition) is 1. The SMILES string of the molecule is N#CNC(=O)c1ccccc1F.[K]. The molecule has 0 aliphatic rings. The van der Waals surface area contributed by atoms with Gasteiger partial charge in [-0.25, -0.2) is 4.39 Å². The summed E-state index contributed by atoms with van der Waals surface area (Å²) in [6.45, 7) is 0. The molecule has 0 aliphatic carbocycles. The fourth-order valence-corrected chi connectivity index (χ4v) is 0.763. The minimum absolute atomic E-state index is 0. The number of nitrogens with zero attached hydrogens (tertiary/aromatic N) is 1. The zero-order valence-electron chi connectivity index (χ0n) is 7.04. The maximum absolute atomic E-state index is 12.8. The van der Waals surface area contributed by atoms with Crippen LogP contribution in [0.15, 0.2) is 24.3 Å². The fourth-order valence-electron chi connectivity index (χ4n) is 0.763. The van der Waals surface area contributed by atoms with Crippen molar-refractivity contribution >= 4 is 57.3 Å². The Morgan fingerprint density at radius 3 is 2.62 bits per heavy atom. The summed E-state index contributed by atoms with van der Waals surface area (Å²) in [6.07, 6.45) is 1.43. The third-order valence-electron chi connectivity index (χ3n) is 1.29. The molecular formula is C8H5FKN2O. The molecule has 0 saturated heterocycles. The van der Waals surface area contributed by atoms with E-state index in [1.54, 1.807) is 0 Å². The number of rotatable bonds is 1. The first-order valence-corrected chi connectivity index (χ1v) is 3.19. The van der Waals surface area contributed by atoms with E-state index in [0.29, 0.717) is 0 Å². The Labute approximate surface area is 117 Å². The molecule has 5 heteroatoms. The van der Waals surface area contributed by atoms with Crippen LogP contribution in [-0.2, 0) is 0 Å². The van der Waals surface area contributed by atoms with Crippen LogP contribution in [0.4, 0.5) is 4.39 Å². The van der Waals surface area contributed by atoms with Gasteiger partial charge < -0.3 is 0 Å². The zero-order valence-corrected chi connectivity index (χ0v) is 10.2. The van der Waals surface area contributed by atoms with Gasteiger partial charge in [0.2, 0.25) is 0 Å². The average Bonchev–Trinajstić information content (AvgIpc) is 2.05. The average molecular weight is 203 g/mol. The summed E-state index contributed by atoms with van der Waals surface area (Å²) in [4.78, 5) is 10.9. The van der Waals surface area contributed by atoms with Crippen molar-refractivity contribution in [2.75, 3.05) is 0 Å². The van der Waals surface area contributed by atoms with E-state index >= 15 is 0 Å². The molecular weight excluding hydrogens is 198 g/mol. The monoisotopic (exact) mass is 203 g/mol. The van der Waals surface area contributed by atoms with Crippen molar-refractivity contribution in [1.82, 2.24) is 5.32 Å². The van der Waals surface area contributed by atoms with Crippen molar-refractivity contribution in [2.45, 2.75) is 0 Å². The number of amides is 1. The molecule has 0 aliphatic heterocycles. The van der Waals surface area contributed by atoms with E-state index in [2.05, 4.69) is 0 Å². The summed E-state index contributed by atoms with van der Waals surface area (Å²) in [7, 11) is 0. The van der Waals surface area contributed by atoms with Crippen molar-refractivity contribution < 1.29 is 9.18 Å². The topological polar surface area (TPSA) is 52.9 Å². The van der Waals surface area contributed by atoms with E-state index in [0.717, 1.165) is 6.07 Å². The van der Waals surface area contributed by atoms with Gasteiger partial charge in [0.1, 0.15) is 5.82 Å². The first-order chi connectivity index (χ1) is 5.75. The number of hydrogen-bond acceptors (Lipinski definition) is 2. The first kappa shape index (κ1) is 12.7. The Morgan fingerprint density at radius 1 is 1.46 bits per heavy atom. The number of carbonyl (C=O) groups is 1. The fraction of sp³-hybridized carbons (Fsp3) is 0. The number of halogens is 1. The molecule has 0 aromatic heterocycles. The van der Waals surface area contributed by atoms with Gasteiger partial charge in [-0.05, 0) is 12.1 Å². The smallest absolute Gasteiger partial charge is 0.267 e. The van der Waals surface area contributed by atoms with E-state index in [4.69, 9.17) is 5.26 Å². The number of nitrogens with one attached hydrogen (secondary N) is 1. The molecule has 1 radical (unpaired) electrons. The van der Waals surface area contributed by atoms with Crippen LogP contribution >= 0.6 is 0 Å². The molecule has 0 fully saturated rings. The number of benzene rings is 1. The van der Waals surface area contributed by atoms with Crippen LogP contribution < -0.4 is 5.32 Å². The van der Waals surface area contributed by atoms with Gasteiger partial charge in [0.15, 0.2) is 6.19 Å². The molecule has 1 aromatic carbocycles. The molecule has 1 amide bonds. The summed E-state index contributed by atoms with van der Waals surface area (Å²) in [6, 6.07) is 5.46. The Hall–Kier alpha value is -0.254. The largest absolute Gasteiger partial charge is 0.268 e. The molecule has 0 spiro atoms. The Kier molecular flexibility index (Phi) is 6.12. The van der Waals surface area contributed by atoms with Crippen LogP contribution in [0, 0.1) is 17.3 Å². The van der Waals surface area contributed by atoms with Crippen LogP contribution in [0.25, 0.3) is 0 Å². The van der Waals surface area contributed by atoms with E-state index in [9.17, 15) is 9.18 Å². The molecule has 3 nitrogen and oxygen atoms in total. The second-order valence-electron chi connectivity index (χ2n) is 2.05. The molecule has 61 valence electrons. The number of nitriles is 1. The summed E-state index contributed by atoms with van der Waals surface area (Å²) in [5.74, 6) is -1.36. The second kappa shape index (κ2) is 6.24. The molecule has 13 heavy (non-hydrogen) atoms. The Balaban J connectivity index is 0.00000144. The third kappa shape index (κ3) is 3.54. The van der Waals surface area contributed by atoms with Gasteiger partial charge >= 0.3 is 0 Å². The van der Waals surface area contributed by atoms with Crippen LogP contribution in [-0.4, -0.2) is 57.3 Å². The van der Waals surface area contributed by atoms with Gasteiger partial charge in [0.25, 0.3) is 5.91 Å². The Morgan fingerprint density at radius 2 is 2.08 bits per heavy atom. The second-order valence-corrected chi connectivity index (χ2v) is 2.05. The van der Waals surface area contributed by atoms with Crippen molar-refractivity contribution in [3.8, 4) is 6.19 Å². The van der Waals surface area contributed by atoms with E-state index in [-0.39, 0.29) is 56.9 Å². The van der Waals surface area contributed by atoms with Gasteiger partial charge in [-0.3, -0.25) is 10.1 Å². The van der Waals surface area contributed by atoms with Gasteiger partial charge in [-0.1, -0.05) is 12.1 Å². The van der Waals surface area contributed by atoms with Crippen molar-refractivity contribution in [1.29, 1.82) is 5.26 Å². The zero-order chi connectivity index (χ0) is 8.97. The van der Waals surface area contributed by atoms with Gasteiger partial charge in [-0.2, -0.15) is 5.26 Å². The first-order valence-electron chi connectivity index (χ1n) is 3.19. The predicted molar refractivity (Wildman–Crippen MR) is 45.2 cm³/mol. The van der Waals surface area contributed by atoms with Gasteiger partial charge in [-0.15, -0.1) is 0 Å². The van der Waals surface area contributed by atoms with Crippen LogP contribution in [0.1, 0.15) is 10.4 Å². The van der Waals surface area contributed by atoms with E-state index < -0.39 is 11.7 Å². The molecule has 1 aromatic rings. The molecule has 0 saturated carbocycles. The van der Waals surface area contributed by atoms with E-state index in [1.807, 2.05) is 5.32 Å². The molecule has 0 heterocycles. The van der Waals surface area contributed by atoms with Crippen LogP contribution in [0.2, 0.25) is 0 Å². The normalized spacial score (nSPS) is 8.00. The molecule has 0 bridgehead atoms. The molecule has 0 unspecified atom stereocenters. The summed E-state index contributed by atoms with van der Waals surface area (Å²) < 4.78 is 12.8. The van der Waals surface area contributed by atoms with E-state index in [1.165, 1.54) is 24.4 Å². The molecule has 1 rings (SSSR count). The summed E-state index contributed by atoms with van der Waals surface area (Å²) in [5.41, 5.74) is -0.126. The van der Waals surface area contributed by atoms with Crippen LogP contribution in [0.5, 0.6) is 0 Å². The maximum Gasteiger partial charge on any atom is 0.267 e. The van der Waals surface area contributed by atoms with Crippen molar-refractivity contribution in [2.24, 2.45) is 0 Å². The minimum Gasteiger partial charge on any atom is -0.268 e. The van der Waals surface area contributed by atoms with Gasteiger partial charge in [0.05, 0.1) is 5.56 Å². The predicted octanol–water partition coefficient (Wildman–Crippen LogP) is 0.656. The number of carbonyl (C=O) groups excluding carboxylic acids is 1. The summed E-state index contributed by atoms with van der Waals surface area (Å²) >= 11 is 0. The summed E-state index contributed by atoms with van der Waals surface area (Å²) in [5, 5.41) is 9.91. The molecule has 1 N–H and O–H groups in total.